The molecule has 0 saturated carbocycles. The third kappa shape index (κ3) is 3.88. The van der Waals surface area contributed by atoms with Crippen LogP contribution < -0.4 is 0 Å². The molecule has 0 aliphatic carbocycles. The molecule has 3 rings (SSSR count). The molecule has 0 fully saturated rings. The Morgan fingerprint density at radius 2 is 1.74 bits per heavy atom. The van der Waals surface area contributed by atoms with E-state index in [0.29, 0.717) is 6.54 Å². The normalized spacial score (nSPS) is 11.0. The highest BCUT2D eigenvalue weighted by molar-refractivity contribution is 7.17. The van der Waals surface area contributed by atoms with Crippen LogP contribution in [0.1, 0.15) is 16.7 Å². The van der Waals surface area contributed by atoms with E-state index in [0.717, 1.165) is 23.2 Å². The van der Waals surface area contributed by atoms with Crippen LogP contribution in [0.25, 0.3) is 10.2 Å². The molecular weight excluding hydrogens is 327 g/mol. The highest BCUT2D eigenvalue weighted by atomic mass is 32.1. The third-order valence-electron chi connectivity index (χ3n) is 3.30. The molecular formula is C16H12F3NO2S. The van der Waals surface area contributed by atoms with Crippen molar-refractivity contribution in [2.24, 2.45) is 0 Å². The molecule has 0 aliphatic rings. The molecule has 0 spiro atoms. The number of alkyl halides is 3. The Hall–Kier alpha value is -2.37. The molecule has 0 radical (unpaired) electrons. The van der Waals surface area contributed by atoms with Gasteiger partial charge in [-0.25, -0.2) is 0 Å². The lowest BCUT2D eigenvalue weighted by atomic mass is 10.1. The average Bonchev–Trinajstić information content (AvgIpc) is 3.04. The first kappa shape index (κ1) is 17.0. The number of fused-ring (bicyclic) bond motifs is 1. The molecule has 1 aromatic carbocycles. The van der Waals surface area contributed by atoms with Crippen LogP contribution in [-0.2, 0) is 22.3 Å². The lowest BCUT2D eigenvalue weighted by molar-refractivity contribution is -0.191. The van der Waals surface area contributed by atoms with E-state index in [2.05, 4.69) is 9.95 Å². The number of halogens is 3. The zero-order chi connectivity index (χ0) is 17.0. The van der Waals surface area contributed by atoms with E-state index in [1.807, 2.05) is 19.2 Å². The van der Waals surface area contributed by atoms with Gasteiger partial charge in [0.15, 0.2) is 0 Å². The van der Waals surface area contributed by atoms with Gasteiger partial charge in [0, 0.05) is 12.7 Å². The molecule has 0 atom stereocenters. The monoisotopic (exact) mass is 339 g/mol. The van der Waals surface area contributed by atoms with Gasteiger partial charge in [0.1, 0.15) is 0 Å². The van der Waals surface area contributed by atoms with E-state index < -0.39 is 11.7 Å². The molecule has 3 nitrogen and oxygen atoms in total. The highest BCUT2D eigenvalue weighted by Gasteiger charge is 2.29. The van der Waals surface area contributed by atoms with Gasteiger partial charge in [0.2, 0.25) is 0 Å². The smallest absolute Gasteiger partial charge is 0.342 e. The van der Waals surface area contributed by atoms with Crippen LogP contribution in [0.15, 0.2) is 41.9 Å². The fraction of sp³-hybridized carbons (Fsp3) is 0.188. The number of aryl methyl sites for hydroxylation is 1. The van der Waals surface area contributed by atoms with Crippen LogP contribution in [0, 0.1) is 6.92 Å². The fourth-order valence-electron chi connectivity index (χ4n) is 2.30. The highest BCUT2D eigenvalue weighted by Crippen LogP contribution is 2.30. The van der Waals surface area contributed by atoms with Crippen molar-refractivity contribution in [1.82, 2.24) is 4.57 Å². The number of rotatable bonds is 2. The summed E-state index contributed by atoms with van der Waals surface area (Å²) >= 11 is 1.68. The molecule has 0 saturated heterocycles. The molecule has 0 N–H and O–H groups in total. The lowest BCUT2D eigenvalue weighted by Gasteiger charge is -2.09. The summed E-state index contributed by atoms with van der Waals surface area (Å²) in [6, 6.07) is 7.39. The van der Waals surface area contributed by atoms with Crippen molar-refractivity contribution >= 4 is 27.7 Å². The predicted molar refractivity (Wildman–Crippen MR) is 80.1 cm³/mol. The first-order chi connectivity index (χ1) is 10.9. The summed E-state index contributed by atoms with van der Waals surface area (Å²) in [5, 5.41) is 2.09. The summed E-state index contributed by atoms with van der Waals surface area (Å²) in [6.07, 6.45) is -2.05. The molecule has 0 aliphatic heterocycles. The van der Waals surface area contributed by atoms with Crippen LogP contribution in [0.3, 0.4) is 0 Å². The summed E-state index contributed by atoms with van der Waals surface area (Å²) in [5.41, 5.74) is 2.61. The van der Waals surface area contributed by atoms with Gasteiger partial charge in [-0.3, -0.25) is 0 Å². The van der Waals surface area contributed by atoms with Gasteiger partial charge >= 0.3 is 12.3 Å². The number of aromatic nitrogens is 1. The van der Waals surface area contributed by atoms with Crippen LogP contribution >= 0.6 is 11.3 Å². The summed E-state index contributed by atoms with van der Waals surface area (Å²) < 4.78 is 40.8. The predicted octanol–water partition coefficient (Wildman–Crippen LogP) is 4.49. The SMILES string of the molecule is Cc1csc2ccn(Cc3ccc(C(F)(F)F)cc3)c12.O=C=O. The number of benzene rings is 1. The average molecular weight is 339 g/mol. The van der Waals surface area contributed by atoms with Crippen molar-refractivity contribution in [3.05, 3.63) is 58.6 Å². The van der Waals surface area contributed by atoms with Gasteiger partial charge in [-0.2, -0.15) is 22.8 Å². The van der Waals surface area contributed by atoms with Crippen molar-refractivity contribution in [3.8, 4) is 0 Å². The Bertz CT molecular complexity index is 825. The maximum absolute atomic E-state index is 12.5. The maximum Gasteiger partial charge on any atom is 0.416 e. The minimum Gasteiger partial charge on any atom is -0.342 e. The van der Waals surface area contributed by atoms with E-state index >= 15 is 0 Å². The van der Waals surface area contributed by atoms with E-state index in [1.165, 1.54) is 22.4 Å². The molecule has 2 aromatic heterocycles. The van der Waals surface area contributed by atoms with Gasteiger partial charge in [-0.1, -0.05) is 12.1 Å². The van der Waals surface area contributed by atoms with E-state index in [1.54, 1.807) is 11.3 Å². The molecule has 3 aromatic rings. The molecule has 0 bridgehead atoms. The second-order valence-corrected chi connectivity index (χ2v) is 5.76. The van der Waals surface area contributed by atoms with Crippen molar-refractivity contribution in [2.45, 2.75) is 19.6 Å². The topological polar surface area (TPSA) is 39.1 Å². The number of hydrogen-bond acceptors (Lipinski definition) is 3. The van der Waals surface area contributed by atoms with Gasteiger partial charge in [-0.05, 0) is 41.6 Å². The Morgan fingerprint density at radius 3 is 2.30 bits per heavy atom. The summed E-state index contributed by atoms with van der Waals surface area (Å²) in [6.45, 7) is 2.63. The van der Waals surface area contributed by atoms with Crippen LogP contribution in [0.5, 0.6) is 0 Å². The van der Waals surface area contributed by atoms with Gasteiger partial charge in [-0.15, -0.1) is 11.3 Å². The molecule has 0 amide bonds. The molecule has 23 heavy (non-hydrogen) atoms. The Balaban J connectivity index is 0.000000595. The number of carbonyl (C=O) groups excluding carboxylic acids is 2. The second kappa shape index (κ2) is 6.81. The minimum absolute atomic E-state index is 0.250. The van der Waals surface area contributed by atoms with Crippen molar-refractivity contribution in [1.29, 1.82) is 0 Å². The second-order valence-electron chi connectivity index (χ2n) is 4.85. The minimum atomic E-state index is -4.27. The first-order valence-electron chi connectivity index (χ1n) is 6.55. The zero-order valence-electron chi connectivity index (χ0n) is 12.1. The Kier molecular flexibility index (Phi) is 5.03. The van der Waals surface area contributed by atoms with E-state index in [4.69, 9.17) is 9.59 Å². The summed E-state index contributed by atoms with van der Waals surface area (Å²) in [4.78, 5) is 16.2. The van der Waals surface area contributed by atoms with Gasteiger partial charge in [0.25, 0.3) is 0 Å². The van der Waals surface area contributed by atoms with Crippen LogP contribution in [0.2, 0.25) is 0 Å². The largest absolute Gasteiger partial charge is 0.416 e. The Labute approximate surface area is 134 Å². The fourth-order valence-corrected chi connectivity index (χ4v) is 3.25. The molecule has 0 unspecified atom stereocenters. The number of nitrogens with zero attached hydrogens (tertiary/aromatic N) is 1. The van der Waals surface area contributed by atoms with Crippen LogP contribution in [0.4, 0.5) is 13.2 Å². The summed E-state index contributed by atoms with van der Waals surface area (Å²) in [7, 11) is 0. The summed E-state index contributed by atoms with van der Waals surface area (Å²) in [5.74, 6) is 0. The van der Waals surface area contributed by atoms with Crippen molar-refractivity contribution in [3.63, 3.8) is 0 Å². The van der Waals surface area contributed by atoms with Gasteiger partial charge < -0.3 is 4.57 Å². The lowest BCUT2D eigenvalue weighted by Crippen LogP contribution is -2.05. The molecule has 7 heteroatoms. The quantitative estimate of drug-likeness (QED) is 0.690. The van der Waals surface area contributed by atoms with Crippen LogP contribution in [-0.4, -0.2) is 10.7 Å². The van der Waals surface area contributed by atoms with Crippen molar-refractivity contribution in [2.75, 3.05) is 0 Å². The molecule has 2 heterocycles. The molecule has 120 valence electrons. The van der Waals surface area contributed by atoms with Gasteiger partial charge in [0.05, 0.1) is 15.8 Å². The zero-order valence-corrected chi connectivity index (χ0v) is 12.9. The maximum atomic E-state index is 12.5. The standard InChI is InChI=1S/C15H12F3NS.CO2/c1-10-9-20-13-6-7-19(14(10)13)8-11-2-4-12(5-3-11)15(16,17)18;2-1-3/h2-7,9H,8H2,1H3;. The third-order valence-corrected chi connectivity index (χ3v) is 4.35. The van der Waals surface area contributed by atoms with Crippen molar-refractivity contribution < 1.29 is 22.8 Å². The van der Waals surface area contributed by atoms with E-state index in [9.17, 15) is 13.2 Å². The Morgan fingerprint density at radius 1 is 1.13 bits per heavy atom. The van der Waals surface area contributed by atoms with E-state index in [-0.39, 0.29) is 6.15 Å². The first-order valence-corrected chi connectivity index (χ1v) is 7.43. The number of thiophene rings is 1. The number of hydrogen-bond donors (Lipinski definition) is 0.